The molecule has 0 heterocycles. The van der Waals surface area contributed by atoms with Gasteiger partial charge in [-0.05, 0) is 31.0 Å². The second-order valence-corrected chi connectivity index (χ2v) is 6.16. The van der Waals surface area contributed by atoms with E-state index in [9.17, 15) is 12.8 Å². The Balaban J connectivity index is 3.03. The molecular weight excluding hydrogens is 255 g/mol. The zero-order chi connectivity index (χ0) is 13.9. The molecule has 0 aliphatic rings. The van der Waals surface area contributed by atoms with Gasteiger partial charge in [-0.2, -0.15) is 0 Å². The van der Waals surface area contributed by atoms with Gasteiger partial charge < -0.3 is 5.73 Å². The van der Waals surface area contributed by atoms with Crippen molar-refractivity contribution in [2.24, 2.45) is 5.92 Å². The molecule has 2 unspecified atom stereocenters. The number of anilines is 1. The van der Waals surface area contributed by atoms with Crippen LogP contribution in [-0.4, -0.2) is 14.5 Å². The molecule has 1 aromatic rings. The third kappa shape index (κ3) is 3.43. The molecule has 0 radical (unpaired) electrons. The molecule has 4 nitrogen and oxygen atoms in total. The lowest BCUT2D eigenvalue weighted by atomic mass is 10.0. The smallest absolute Gasteiger partial charge is 0.242 e. The van der Waals surface area contributed by atoms with E-state index < -0.39 is 15.8 Å². The number of benzene rings is 1. The summed E-state index contributed by atoms with van der Waals surface area (Å²) in [5, 5.41) is 0. The van der Waals surface area contributed by atoms with Crippen LogP contribution in [0.2, 0.25) is 0 Å². The Morgan fingerprint density at radius 2 is 2.00 bits per heavy atom. The van der Waals surface area contributed by atoms with Gasteiger partial charge in [-0.25, -0.2) is 17.5 Å². The van der Waals surface area contributed by atoms with Gasteiger partial charge in [0.25, 0.3) is 0 Å². The van der Waals surface area contributed by atoms with Crippen molar-refractivity contribution in [1.29, 1.82) is 0 Å². The molecule has 1 aromatic carbocycles. The van der Waals surface area contributed by atoms with Gasteiger partial charge in [0, 0.05) is 6.04 Å². The summed E-state index contributed by atoms with van der Waals surface area (Å²) in [6.07, 6.45) is 0.850. The molecule has 0 aromatic heterocycles. The molecule has 0 saturated heterocycles. The maximum absolute atomic E-state index is 13.1. The zero-order valence-electron chi connectivity index (χ0n) is 10.8. The fourth-order valence-electron chi connectivity index (χ4n) is 1.52. The van der Waals surface area contributed by atoms with Crippen LogP contribution in [0.15, 0.2) is 23.1 Å². The van der Waals surface area contributed by atoms with E-state index in [0.717, 1.165) is 18.6 Å². The van der Waals surface area contributed by atoms with Crippen LogP contribution in [0.3, 0.4) is 0 Å². The van der Waals surface area contributed by atoms with Gasteiger partial charge in [0.05, 0.1) is 5.69 Å². The van der Waals surface area contributed by atoms with Crippen molar-refractivity contribution in [2.75, 3.05) is 5.73 Å². The molecule has 0 aliphatic heterocycles. The monoisotopic (exact) mass is 274 g/mol. The summed E-state index contributed by atoms with van der Waals surface area (Å²) in [6, 6.07) is 3.08. The Bertz CT molecular complexity index is 517. The lowest BCUT2D eigenvalue weighted by molar-refractivity contribution is 0.434. The predicted octanol–water partition coefficient (Wildman–Crippen LogP) is 2.12. The number of halogens is 1. The number of rotatable bonds is 5. The van der Waals surface area contributed by atoms with Crippen molar-refractivity contribution < 1.29 is 12.8 Å². The summed E-state index contributed by atoms with van der Waals surface area (Å²) in [5.74, 6) is -0.435. The van der Waals surface area contributed by atoms with Gasteiger partial charge in [0.2, 0.25) is 10.0 Å². The van der Waals surface area contributed by atoms with Crippen molar-refractivity contribution in [3.63, 3.8) is 0 Å². The third-order valence-electron chi connectivity index (χ3n) is 3.10. The van der Waals surface area contributed by atoms with Crippen LogP contribution in [0.25, 0.3) is 0 Å². The van der Waals surface area contributed by atoms with Crippen molar-refractivity contribution in [3.05, 3.63) is 24.0 Å². The summed E-state index contributed by atoms with van der Waals surface area (Å²) in [5.41, 5.74) is 5.62. The van der Waals surface area contributed by atoms with Crippen LogP contribution < -0.4 is 10.5 Å². The lowest BCUT2D eigenvalue weighted by Crippen LogP contribution is -2.37. The summed E-state index contributed by atoms with van der Waals surface area (Å²) in [4.78, 5) is -0.211. The summed E-state index contributed by atoms with van der Waals surface area (Å²) < 4.78 is 39.8. The Labute approximate surface area is 107 Å². The van der Waals surface area contributed by atoms with E-state index in [0.29, 0.717) is 0 Å². The highest BCUT2D eigenvalue weighted by atomic mass is 32.2. The molecule has 102 valence electrons. The first-order valence-electron chi connectivity index (χ1n) is 5.85. The number of nitrogen functional groups attached to an aromatic ring is 1. The van der Waals surface area contributed by atoms with Gasteiger partial charge in [-0.1, -0.05) is 20.3 Å². The van der Waals surface area contributed by atoms with Gasteiger partial charge in [-0.3, -0.25) is 0 Å². The Kier molecular flexibility index (Phi) is 4.70. The number of sulfonamides is 1. The van der Waals surface area contributed by atoms with Crippen molar-refractivity contribution in [2.45, 2.75) is 38.1 Å². The number of nitrogens with one attached hydrogen (secondary N) is 1. The minimum Gasteiger partial charge on any atom is -0.398 e. The maximum Gasteiger partial charge on any atom is 0.242 e. The molecule has 0 bridgehead atoms. The lowest BCUT2D eigenvalue weighted by Gasteiger charge is -2.20. The van der Waals surface area contributed by atoms with E-state index in [1.54, 1.807) is 6.92 Å². The average Bonchev–Trinajstić information content (AvgIpc) is 2.30. The van der Waals surface area contributed by atoms with Crippen LogP contribution in [-0.2, 0) is 10.0 Å². The van der Waals surface area contributed by atoms with Crippen molar-refractivity contribution >= 4 is 15.7 Å². The van der Waals surface area contributed by atoms with E-state index in [2.05, 4.69) is 4.72 Å². The largest absolute Gasteiger partial charge is 0.398 e. The molecule has 18 heavy (non-hydrogen) atoms. The van der Waals surface area contributed by atoms with Crippen LogP contribution in [0.1, 0.15) is 27.2 Å². The third-order valence-corrected chi connectivity index (χ3v) is 4.72. The molecular formula is C12H19FN2O2S. The van der Waals surface area contributed by atoms with Gasteiger partial charge in [-0.15, -0.1) is 0 Å². The fourth-order valence-corrected chi connectivity index (χ4v) is 3.01. The van der Waals surface area contributed by atoms with Crippen LogP contribution >= 0.6 is 0 Å². The number of nitrogens with two attached hydrogens (primary N) is 1. The van der Waals surface area contributed by atoms with Crippen LogP contribution in [0.4, 0.5) is 10.1 Å². The SMILES string of the molecule is CCC(C)C(C)NS(=O)(=O)c1cc(F)ccc1N. The maximum atomic E-state index is 13.1. The Morgan fingerprint density at radius 1 is 1.39 bits per heavy atom. The molecule has 0 amide bonds. The first kappa shape index (κ1) is 14.9. The normalized spacial score (nSPS) is 15.3. The topological polar surface area (TPSA) is 72.2 Å². The van der Waals surface area contributed by atoms with E-state index >= 15 is 0 Å². The highest BCUT2D eigenvalue weighted by Gasteiger charge is 2.22. The minimum absolute atomic E-state index is 0.0419. The molecule has 2 atom stereocenters. The number of hydrogen-bond donors (Lipinski definition) is 2. The summed E-state index contributed by atoms with van der Waals surface area (Å²) in [6.45, 7) is 5.70. The van der Waals surface area contributed by atoms with E-state index in [1.165, 1.54) is 6.07 Å². The highest BCUT2D eigenvalue weighted by Crippen LogP contribution is 2.20. The van der Waals surface area contributed by atoms with Gasteiger partial charge >= 0.3 is 0 Å². The molecule has 0 saturated carbocycles. The summed E-state index contributed by atoms with van der Waals surface area (Å²) in [7, 11) is -3.78. The van der Waals surface area contributed by atoms with E-state index in [1.807, 2.05) is 13.8 Å². The average molecular weight is 274 g/mol. The molecule has 1 rings (SSSR count). The van der Waals surface area contributed by atoms with E-state index in [-0.39, 0.29) is 22.5 Å². The quantitative estimate of drug-likeness (QED) is 0.808. The molecule has 0 spiro atoms. The first-order chi connectivity index (χ1) is 8.27. The number of hydrogen-bond acceptors (Lipinski definition) is 3. The van der Waals surface area contributed by atoms with Crippen molar-refractivity contribution in [1.82, 2.24) is 4.72 Å². The standard InChI is InChI=1S/C12H19FN2O2S/c1-4-8(2)9(3)15-18(16,17)12-7-10(13)5-6-11(12)14/h5-9,15H,4,14H2,1-3H3. The molecule has 3 N–H and O–H groups in total. The first-order valence-corrected chi connectivity index (χ1v) is 7.33. The van der Waals surface area contributed by atoms with Crippen LogP contribution in [0, 0.1) is 11.7 Å². The Morgan fingerprint density at radius 3 is 2.56 bits per heavy atom. The summed E-state index contributed by atoms with van der Waals surface area (Å²) >= 11 is 0. The highest BCUT2D eigenvalue weighted by molar-refractivity contribution is 7.89. The van der Waals surface area contributed by atoms with Crippen LogP contribution in [0.5, 0.6) is 0 Å². The second kappa shape index (κ2) is 5.67. The molecule has 6 heteroatoms. The minimum atomic E-state index is -3.78. The predicted molar refractivity (Wildman–Crippen MR) is 70.1 cm³/mol. The van der Waals surface area contributed by atoms with E-state index in [4.69, 9.17) is 5.73 Å². The zero-order valence-corrected chi connectivity index (χ0v) is 11.6. The molecule has 0 aliphatic carbocycles. The van der Waals surface area contributed by atoms with Gasteiger partial charge in [0.15, 0.2) is 0 Å². The molecule has 0 fully saturated rings. The Hall–Kier alpha value is -1.14. The van der Waals surface area contributed by atoms with Gasteiger partial charge in [0.1, 0.15) is 10.7 Å². The fraction of sp³-hybridized carbons (Fsp3) is 0.500. The van der Waals surface area contributed by atoms with Crippen molar-refractivity contribution in [3.8, 4) is 0 Å². The second-order valence-electron chi connectivity index (χ2n) is 4.48.